The van der Waals surface area contributed by atoms with E-state index in [2.05, 4.69) is 64.3 Å². The van der Waals surface area contributed by atoms with Crippen LogP contribution in [0.3, 0.4) is 0 Å². The van der Waals surface area contributed by atoms with Gasteiger partial charge < -0.3 is 10.1 Å². The van der Waals surface area contributed by atoms with Gasteiger partial charge in [0.2, 0.25) is 0 Å². The Bertz CT molecular complexity index is 588. The van der Waals surface area contributed by atoms with E-state index in [1.54, 1.807) is 0 Å². The second-order valence-corrected chi connectivity index (χ2v) is 6.80. The van der Waals surface area contributed by atoms with E-state index in [0.29, 0.717) is 5.92 Å². The van der Waals surface area contributed by atoms with Crippen LogP contribution in [0, 0.1) is 12.8 Å². The molecule has 0 aliphatic heterocycles. The largest absolute Gasteiger partial charge is 0.322 e. The van der Waals surface area contributed by atoms with Crippen LogP contribution in [0.15, 0.2) is 18.3 Å². The lowest BCUT2D eigenvalue weighted by molar-refractivity contribution is 0.476. The highest BCUT2D eigenvalue weighted by Gasteiger charge is 2.28. The second kappa shape index (κ2) is 4.64. The first-order chi connectivity index (χ1) is 8.71. The Hall–Kier alpha value is -1.35. The Morgan fingerprint density at radius 1 is 1.21 bits per heavy atom. The average Bonchev–Trinajstić information content (AvgIpc) is 2.65. The predicted octanol–water partition coefficient (Wildman–Crippen LogP) is 3.60. The fourth-order valence-corrected chi connectivity index (χ4v) is 2.36. The molecule has 0 saturated heterocycles. The maximum Gasteiger partial charge on any atom is 0.137 e. The molecule has 0 radical (unpaired) electrons. The lowest BCUT2D eigenvalue weighted by atomic mass is 9.87. The van der Waals surface area contributed by atoms with Crippen molar-refractivity contribution in [2.24, 2.45) is 11.7 Å². The summed E-state index contributed by atoms with van der Waals surface area (Å²) >= 11 is 0. The number of rotatable bonds is 2. The van der Waals surface area contributed by atoms with E-state index in [-0.39, 0.29) is 11.5 Å². The molecule has 2 rings (SSSR count). The van der Waals surface area contributed by atoms with Crippen LogP contribution >= 0.6 is 0 Å². The number of nitrogens with two attached hydrogens (primary N) is 1. The van der Waals surface area contributed by atoms with Crippen molar-refractivity contribution in [2.75, 3.05) is 0 Å². The Kier molecular flexibility index (Phi) is 3.43. The molecule has 19 heavy (non-hydrogen) atoms. The number of aromatic nitrogens is 2. The lowest BCUT2D eigenvalue weighted by Crippen LogP contribution is -2.24. The number of hydrogen-bond donors (Lipinski definition) is 1. The topological polar surface area (TPSA) is 43.3 Å². The zero-order valence-corrected chi connectivity index (χ0v) is 12.9. The van der Waals surface area contributed by atoms with Gasteiger partial charge in [-0.25, -0.2) is 4.98 Å². The van der Waals surface area contributed by atoms with Crippen molar-refractivity contribution >= 4 is 5.65 Å². The van der Waals surface area contributed by atoms with Crippen LogP contribution in [0.2, 0.25) is 0 Å². The van der Waals surface area contributed by atoms with Crippen LogP contribution in [-0.2, 0) is 5.41 Å². The SMILES string of the molecule is Cc1ccc2nc(C(C)(C)C)c(C(N)C(C)C)n2c1. The van der Waals surface area contributed by atoms with Crippen molar-refractivity contribution in [3.63, 3.8) is 0 Å². The number of fused-ring (bicyclic) bond motifs is 1. The summed E-state index contributed by atoms with van der Waals surface area (Å²) in [6, 6.07) is 4.17. The summed E-state index contributed by atoms with van der Waals surface area (Å²) in [5.74, 6) is 0.390. The van der Waals surface area contributed by atoms with E-state index < -0.39 is 0 Å². The summed E-state index contributed by atoms with van der Waals surface area (Å²) in [6.07, 6.45) is 2.13. The van der Waals surface area contributed by atoms with Gasteiger partial charge in [-0.15, -0.1) is 0 Å². The van der Waals surface area contributed by atoms with Gasteiger partial charge in [0.25, 0.3) is 0 Å². The summed E-state index contributed by atoms with van der Waals surface area (Å²) in [6.45, 7) is 13.0. The van der Waals surface area contributed by atoms with E-state index in [9.17, 15) is 0 Å². The molecule has 104 valence electrons. The second-order valence-electron chi connectivity index (χ2n) is 6.80. The van der Waals surface area contributed by atoms with Gasteiger partial charge in [0.05, 0.1) is 11.4 Å². The Labute approximate surface area is 115 Å². The Morgan fingerprint density at radius 2 is 1.84 bits per heavy atom. The predicted molar refractivity (Wildman–Crippen MR) is 80.4 cm³/mol. The maximum absolute atomic E-state index is 6.44. The molecule has 2 aromatic rings. The first kappa shape index (κ1) is 14.1. The molecule has 0 bridgehead atoms. The van der Waals surface area contributed by atoms with E-state index in [0.717, 1.165) is 17.0 Å². The Balaban J connectivity index is 2.77. The van der Waals surface area contributed by atoms with Crippen molar-refractivity contribution in [2.45, 2.75) is 53.0 Å². The minimum Gasteiger partial charge on any atom is -0.322 e. The van der Waals surface area contributed by atoms with Crippen molar-refractivity contribution in [1.29, 1.82) is 0 Å². The zero-order valence-electron chi connectivity index (χ0n) is 12.9. The third kappa shape index (κ3) is 2.52. The summed E-state index contributed by atoms with van der Waals surface area (Å²) in [4.78, 5) is 4.81. The molecule has 3 nitrogen and oxygen atoms in total. The molecular formula is C16H25N3. The third-order valence-corrected chi connectivity index (χ3v) is 3.55. The maximum atomic E-state index is 6.44. The molecule has 0 aliphatic carbocycles. The van der Waals surface area contributed by atoms with Gasteiger partial charge >= 0.3 is 0 Å². The molecule has 2 aromatic heterocycles. The monoisotopic (exact) mass is 259 g/mol. The normalized spacial score (nSPS) is 14.3. The van der Waals surface area contributed by atoms with Crippen LogP contribution in [0.5, 0.6) is 0 Å². The molecule has 2 N–H and O–H groups in total. The van der Waals surface area contributed by atoms with Crippen molar-refractivity contribution in [1.82, 2.24) is 9.38 Å². The summed E-state index contributed by atoms with van der Waals surface area (Å²) in [7, 11) is 0. The summed E-state index contributed by atoms with van der Waals surface area (Å²) in [5.41, 5.74) is 10.9. The van der Waals surface area contributed by atoms with Crippen LogP contribution in [0.25, 0.3) is 5.65 Å². The summed E-state index contributed by atoms with van der Waals surface area (Å²) in [5, 5.41) is 0. The van der Waals surface area contributed by atoms with Gasteiger partial charge in [-0.1, -0.05) is 40.7 Å². The molecule has 1 unspecified atom stereocenters. The minimum absolute atomic E-state index is 0.00175. The van der Waals surface area contributed by atoms with Crippen LogP contribution in [0.4, 0.5) is 0 Å². The zero-order chi connectivity index (χ0) is 14.4. The van der Waals surface area contributed by atoms with Crippen LogP contribution in [-0.4, -0.2) is 9.38 Å². The number of hydrogen-bond acceptors (Lipinski definition) is 2. The van der Waals surface area contributed by atoms with Gasteiger partial charge in [0.15, 0.2) is 0 Å². The van der Waals surface area contributed by atoms with Gasteiger partial charge in [-0.2, -0.15) is 0 Å². The Morgan fingerprint density at radius 3 is 2.37 bits per heavy atom. The van der Waals surface area contributed by atoms with Gasteiger partial charge in [-0.05, 0) is 24.5 Å². The molecule has 1 atom stereocenters. The molecule has 0 aromatic carbocycles. The van der Waals surface area contributed by atoms with Crippen molar-refractivity contribution in [3.05, 3.63) is 35.3 Å². The fraction of sp³-hybridized carbons (Fsp3) is 0.562. The highest BCUT2D eigenvalue weighted by atomic mass is 15.0. The highest BCUT2D eigenvalue weighted by molar-refractivity contribution is 5.47. The highest BCUT2D eigenvalue weighted by Crippen LogP contribution is 2.32. The van der Waals surface area contributed by atoms with E-state index >= 15 is 0 Å². The summed E-state index contributed by atoms with van der Waals surface area (Å²) < 4.78 is 2.17. The quantitative estimate of drug-likeness (QED) is 0.895. The number of pyridine rings is 1. The van der Waals surface area contributed by atoms with E-state index in [4.69, 9.17) is 10.7 Å². The van der Waals surface area contributed by atoms with Gasteiger partial charge in [-0.3, -0.25) is 0 Å². The van der Waals surface area contributed by atoms with E-state index in [1.165, 1.54) is 5.56 Å². The fourth-order valence-electron chi connectivity index (χ4n) is 2.36. The van der Waals surface area contributed by atoms with Gasteiger partial charge in [0, 0.05) is 17.7 Å². The van der Waals surface area contributed by atoms with Crippen LogP contribution < -0.4 is 5.73 Å². The molecule has 0 fully saturated rings. The smallest absolute Gasteiger partial charge is 0.137 e. The molecule has 0 amide bonds. The average molecular weight is 259 g/mol. The number of nitrogens with zero attached hydrogens (tertiary/aromatic N) is 2. The molecular weight excluding hydrogens is 234 g/mol. The molecule has 0 aliphatic rings. The van der Waals surface area contributed by atoms with Crippen molar-refractivity contribution in [3.8, 4) is 0 Å². The first-order valence-corrected chi connectivity index (χ1v) is 6.96. The van der Waals surface area contributed by atoms with Gasteiger partial charge in [0.1, 0.15) is 5.65 Å². The third-order valence-electron chi connectivity index (χ3n) is 3.55. The molecule has 3 heteroatoms. The molecule has 2 heterocycles. The molecule has 0 spiro atoms. The number of imidazole rings is 1. The number of aryl methyl sites for hydroxylation is 1. The van der Waals surface area contributed by atoms with E-state index in [1.807, 2.05) is 0 Å². The van der Waals surface area contributed by atoms with Crippen molar-refractivity contribution < 1.29 is 0 Å². The van der Waals surface area contributed by atoms with Crippen LogP contribution in [0.1, 0.15) is 57.6 Å². The molecule has 0 saturated carbocycles. The minimum atomic E-state index is 0.00175. The first-order valence-electron chi connectivity index (χ1n) is 6.96. The lowest BCUT2D eigenvalue weighted by Gasteiger charge is -2.23. The standard InChI is InChI=1S/C16H25N3/c1-10(2)13(17)14-15(16(4,5)6)18-12-8-7-11(3)9-19(12)14/h7-10,13H,17H2,1-6H3.